The van der Waals surface area contributed by atoms with Gasteiger partial charge in [-0.25, -0.2) is 0 Å². The van der Waals surface area contributed by atoms with Gasteiger partial charge in [-0.2, -0.15) is 0 Å². The Hall–Kier alpha value is -2.24. The van der Waals surface area contributed by atoms with Gasteiger partial charge in [0.15, 0.2) is 0 Å². The summed E-state index contributed by atoms with van der Waals surface area (Å²) in [6.07, 6.45) is 2.71. The average Bonchev–Trinajstić information content (AvgIpc) is 2.66. The summed E-state index contributed by atoms with van der Waals surface area (Å²) in [6.45, 7) is 22.1. The zero-order valence-corrected chi connectivity index (χ0v) is 20.0. The Morgan fingerprint density at radius 2 is 1.73 bits per heavy atom. The van der Waals surface area contributed by atoms with Gasteiger partial charge < -0.3 is 9.84 Å². The number of likely N-dealkylation sites (N-methyl/N-ethyl adjacent to an activating group) is 1. The van der Waals surface area contributed by atoms with E-state index < -0.39 is 5.97 Å². The van der Waals surface area contributed by atoms with Gasteiger partial charge in [-0.1, -0.05) is 63.6 Å². The second-order valence-corrected chi connectivity index (χ2v) is 8.47. The van der Waals surface area contributed by atoms with E-state index in [9.17, 15) is 4.79 Å². The fourth-order valence-electron chi connectivity index (χ4n) is 2.62. The van der Waals surface area contributed by atoms with Crippen LogP contribution in [0.15, 0.2) is 71.0 Å². The van der Waals surface area contributed by atoms with Crippen molar-refractivity contribution >= 4 is 17.7 Å². The highest BCUT2D eigenvalue weighted by Gasteiger charge is 2.05. The highest BCUT2D eigenvalue weighted by atomic mass is 32.2. The Balaban J connectivity index is 0.00000407. The molecule has 0 saturated carbocycles. The Kier molecular flexibility index (Phi) is 14.4. The van der Waals surface area contributed by atoms with Gasteiger partial charge in [-0.3, -0.25) is 9.69 Å². The lowest BCUT2D eigenvalue weighted by Gasteiger charge is -2.18. The van der Waals surface area contributed by atoms with Crippen LogP contribution in [0, 0.1) is 0 Å². The van der Waals surface area contributed by atoms with Gasteiger partial charge in [0, 0.05) is 19.5 Å². The van der Waals surface area contributed by atoms with Gasteiger partial charge in [-0.15, -0.1) is 0 Å². The number of allylic oxidation sites excluding steroid dienone is 1. The van der Waals surface area contributed by atoms with Gasteiger partial charge in [0.2, 0.25) is 0 Å². The van der Waals surface area contributed by atoms with Gasteiger partial charge in [0.05, 0.1) is 0 Å². The van der Waals surface area contributed by atoms with Crippen LogP contribution in [-0.2, 0) is 11.2 Å². The summed E-state index contributed by atoms with van der Waals surface area (Å²) in [5.41, 5.74) is 3.09. The van der Waals surface area contributed by atoms with E-state index in [0.717, 1.165) is 45.4 Å². The monoisotopic (exact) mass is 431 g/mol. The standard InChI is InChI=1S/C23H31NO3S.C2H6/c1-17(2)28-20(5)15-24(6)14-18(3)13-19(4)16-27-22-10-7-21(8-11-22)9-12-23(25)26;1-2/h7-8,10-11,13H,1,3,5,9,12,14-16H2,2,4,6H3,(H,25,26);1-2H3/b19-13+;. The molecule has 0 radical (unpaired) electrons. The molecule has 0 aliphatic rings. The molecule has 4 nitrogen and oxygen atoms in total. The summed E-state index contributed by atoms with van der Waals surface area (Å²) in [6, 6.07) is 7.55. The Labute approximate surface area is 187 Å². The summed E-state index contributed by atoms with van der Waals surface area (Å²) in [4.78, 5) is 14.9. The van der Waals surface area contributed by atoms with E-state index >= 15 is 0 Å². The van der Waals surface area contributed by atoms with Gasteiger partial charge in [-0.05, 0) is 66.0 Å². The molecule has 1 rings (SSSR count). The van der Waals surface area contributed by atoms with Crippen LogP contribution in [0.25, 0.3) is 0 Å². The third-order valence-electron chi connectivity index (χ3n) is 3.71. The minimum absolute atomic E-state index is 0.137. The number of hydrogen-bond donors (Lipinski definition) is 1. The molecule has 0 aliphatic heterocycles. The molecule has 1 N–H and O–H groups in total. The second-order valence-electron chi connectivity index (χ2n) is 6.99. The first-order valence-corrected chi connectivity index (χ1v) is 11.0. The smallest absolute Gasteiger partial charge is 0.303 e. The summed E-state index contributed by atoms with van der Waals surface area (Å²) in [7, 11) is 2.04. The van der Waals surface area contributed by atoms with E-state index in [-0.39, 0.29) is 6.42 Å². The van der Waals surface area contributed by atoms with E-state index in [1.807, 2.05) is 65.1 Å². The van der Waals surface area contributed by atoms with Crippen LogP contribution in [0.5, 0.6) is 5.75 Å². The molecular weight excluding hydrogens is 394 g/mol. The number of thioether (sulfide) groups is 1. The van der Waals surface area contributed by atoms with Gasteiger partial charge in [0.25, 0.3) is 0 Å². The molecule has 0 saturated heterocycles. The lowest BCUT2D eigenvalue weighted by Crippen LogP contribution is -2.22. The highest BCUT2D eigenvalue weighted by molar-refractivity contribution is 8.06. The molecule has 166 valence electrons. The largest absolute Gasteiger partial charge is 0.489 e. The van der Waals surface area contributed by atoms with Crippen molar-refractivity contribution in [1.82, 2.24) is 4.90 Å². The van der Waals surface area contributed by atoms with Crippen molar-refractivity contribution < 1.29 is 14.6 Å². The summed E-state index contributed by atoms with van der Waals surface area (Å²) in [5.74, 6) is -0.0199. The van der Waals surface area contributed by atoms with Crippen LogP contribution in [0.4, 0.5) is 0 Å². The first-order chi connectivity index (χ1) is 14.2. The maximum atomic E-state index is 10.6. The molecule has 0 unspecified atom stereocenters. The number of hydrogen-bond acceptors (Lipinski definition) is 4. The summed E-state index contributed by atoms with van der Waals surface area (Å²) in [5, 5.41) is 8.73. The second kappa shape index (κ2) is 15.6. The number of carboxylic acid groups (broad SMARTS) is 1. The normalized spacial score (nSPS) is 10.8. The molecule has 0 atom stereocenters. The van der Waals surface area contributed by atoms with Crippen LogP contribution in [0.1, 0.15) is 39.7 Å². The number of nitrogens with zero attached hydrogens (tertiary/aromatic N) is 1. The van der Waals surface area contributed by atoms with Crippen LogP contribution in [0.2, 0.25) is 0 Å². The van der Waals surface area contributed by atoms with E-state index in [1.165, 1.54) is 0 Å². The third-order valence-corrected chi connectivity index (χ3v) is 4.47. The zero-order valence-electron chi connectivity index (χ0n) is 19.2. The third kappa shape index (κ3) is 13.9. The van der Waals surface area contributed by atoms with Crippen LogP contribution < -0.4 is 4.74 Å². The quantitative estimate of drug-likeness (QED) is 0.370. The molecule has 1 aromatic rings. The van der Waals surface area contributed by atoms with Crippen molar-refractivity contribution in [1.29, 1.82) is 0 Å². The van der Waals surface area contributed by atoms with Crippen LogP contribution in [-0.4, -0.2) is 42.7 Å². The van der Waals surface area contributed by atoms with E-state index in [2.05, 4.69) is 24.6 Å². The molecule has 0 heterocycles. The first kappa shape index (κ1) is 27.8. The molecule has 5 heteroatoms. The number of benzene rings is 1. The SMILES string of the molecule is C=C(/C=C(\C)COc1ccc(CCC(=O)O)cc1)CN(C)CC(=C)SC(=C)C.CC. The lowest BCUT2D eigenvalue weighted by molar-refractivity contribution is -0.136. The number of aryl methyl sites for hydroxylation is 1. The summed E-state index contributed by atoms with van der Waals surface area (Å²) < 4.78 is 5.80. The summed E-state index contributed by atoms with van der Waals surface area (Å²) >= 11 is 1.61. The molecule has 30 heavy (non-hydrogen) atoms. The Morgan fingerprint density at radius 3 is 2.27 bits per heavy atom. The van der Waals surface area contributed by atoms with Crippen molar-refractivity contribution in [3.05, 3.63) is 76.6 Å². The molecule has 0 aromatic heterocycles. The van der Waals surface area contributed by atoms with Gasteiger partial charge in [0.1, 0.15) is 12.4 Å². The van der Waals surface area contributed by atoms with E-state index in [0.29, 0.717) is 13.0 Å². The van der Waals surface area contributed by atoms with Crippen molar-refractivity contribution in [3.63, 3.8) is 0 Å². The van der Waals surface area contributed by atoms with Crippen molar-refractivity contribution in [3.8, 4) is 5.75 Å². The van der Waals surface area contributed by atoms with Crippen LogP contribution in [0.3, 0.4) is 0 Å². The van der Waals surface area contributed by atoms with Gasteiger partial charge >= 0.3 is 5.97 Å². The average molecular weight is 432 g/mol. The Bertz CT molecular complexity index is 735. The fourth-order valence-corrected chi connectivity index (χ4v) is 3.40. The molecule has 1 aromatic carbocycles. The van der Waals surface area contributed by atoms with E-state index in [4.69, 9.17) is 9.84 Å². The highest BCUT2D eigenvalue weighted by Crippen LogP contribution is 2.22. The topological polar surface area (TPSA) is 49.8 Å². The first-order valence-electron chi connectivity index (χ1n) is 10.1. The molecule has 0 bridgehead atoms. The van der Waals surface area contributed by atoms with Crippen molar-refractivity contribution in [2.45, 2.75) is 40.5 Å². The number of aliphatic carboxylic acids is 1. The molecular formula is C25H37NO3S. The number of carbonyl (C=O) groups is 1. The maximum absolute atomic E-state index is 10.6. The minimum Gasteiger partial charge on any atom is -0.489 e. The lowest BCUT2D eigenvalue weighted by atomic mass is 10.1. The predicted molar refractivity (Wildman–Crippen MR) is 131 cm³/mol. The number of carboxylic acids is 1. The van der Waals surface area contributed by atoms with Crippen LogP contribution >= 0.6 is 11.8 Å². The Morgan fingerprint density at radius 1 is 1.13 bits per heavy atom. The molecule has 0 amide bonds. The maximum Gasteiger partial charge on any atom is 0.303 e. The number of ether oxygens (including phenoxy) is 1. The number of rotatable bonds is 13. The molecule has 0 aliphatic carbocycles. The van der Waals surface area contributed by atoms with Crippen molar-refractivity contribution in [2.24, 2.45) is 0 Å². The van der Waals surface area contributed by atoms with E-state index in [1.54, 1.807) is 11.8 Å². The molecule has 0 spiro atoms. The van der Waals surface area contributed by atoms with Crippen molar-refractivity contribution in [2.75, 3.05) is 26.7 Å². The minimum atomic E-state index is -0.786. The zero-order chi connectivity index (χ0) is 23.1. The predicted octanol–water partition coefficient (Wildman–Crippen LogP) is 6.32. The fraction of sp³-hybridized carbons (Fsp3) is 0.400. The molecule has 0 fully saturated rings.